The summed E-state index contributed by atoms with van der Waals surface area (Å²) in [6, 6.07) is 1.27. The molecule has 0 spiro atoms. The Morgan fingerprint density at radius 3 is 1.42 bits per heavy atom. The number of nitrogens with zero attached hydrogens (tertiary/aromatic N) is 1. The van der Waals surface area contributed by atoms with Gasteiger partial charge in [-0.2, -0.15) is 0 Å². The zero-order valence-corrected chi connectivity index (χ0v) is 21.3. The lowest BCUT2D eigenvalue weighted by atomic mass is 10.1. The summed E-state index contributed by atoms with van der Waals surface area (Å²) >= 11 is 0. The van der Waals surface area contributed by atoms with E-state index in [4.69, 9.17) is 9.08 Å². The first kappa shape index (κ1) is 25.9. The summed E-state index contributed by atoms with van der Waals surface area (Å²) in [5, 5.41) is 0. The van der Waals surface area contributed by atoms with Gasteiger partial charge in [-0.3, -0.25) is 4.66 Å². The van der Waals surface area contributed by atoms with E-state index in [0.717, 1.165) is 5.90 Å². The van der Waals surface area contributed by atoms with Gasteiger partial charge in [-0.05, 0) is 38.8 Å². The van der Waals surface area contributed by atoms with Crippen molar-refractivity contribution in [2.45, 2.75) is 136 Å². The lowest BCUT2D eigenvalue weighted by Gasteiger charge is -2.25. The van der Waals surface area contributed by atoms with Crippen molar-refractivity contribution in [2.75, 3.05) is 0 Å². The Labute approximate surface area is 167 Å². The van der Waals surface area contributed by atoms with E-state index in [1.165, 1.54) is 89.5 Å². The van der Waals surface area contributed by atoms with Crippen LogP contribution in [0.3, 0.4) is 0 Å². The monoisotopic (exact) mass is 399 g/mol. The zero-order valence-electron chi connectivity index (χ0n) is 19.3. The Bertz CT molecular complexity index is 362. The summed E-state index contributed by atoms with van der Waals surface area (Å²) < 4.78 is 11.0. The normalized spacial score (nSPS) is 13.3. The molecule has 0 aromatic heterocycles. The molecule has 0 atom stereocenters. The minimum absolute atomic E-state index is 0.940. The summed E-state index contributed by atoms with van der Waals surface area (Å²) in [6.07, 6.45) is 18.5. The first-order chi connectivity index (χ1) is 12.2. The van der Waals surface area contributed by atoms with Crippen molar-refractivity contribution in [2.24, 2.45) is 4.66 Å². The Kier molecular flexibility index (Phi) is 14.8. The molecule has 0 N–H and O–H groups in total. The predicted molar refractivity (Wildman–Crippen MR) is 126 cm³/mol. The highest BCUT2D eigenvalue weighted by Gasteiger charge is 2.25. The third kappa shape index (κ3) is 18.7. The lowest BCUT2D eigenvalue weighted by molar-refractivity contribution is 0.522. The van der Waals surface area contributed by atoms with Crippen LogP contribution in [0, 0.1) is 0 Å². The van der Waals surface area contributed by atoms with E-state index >= 15 is 0 Å². The highest BCUT2D eigenvalue weighted by molar-refractivity contribution is 6.76. The van der Waals surface area contributed by atoms with Crippen LogP contribution in [0.2, 0.25) is 38.8 Å². The lowest BCUT2D eigenvalue weighted by Crippen LogP contribution is -2.33. The molecule has 0 rings (SSSR count). The second-order valence-corrected chi connectivity index (χ2v) is 18.4. The minimum atomic E-state index is -1.57. The van der Waals surface area contributed by atoms with E-state index in [0.29, 0.717) is 0 Å². The molecule has 0 aliphatic heterocycles. The van der Waals surface area contributed by atoms with Crippen molar-refractivity contribution in [1.82, 2.24) is 0 Å². The largest absolute Gasteiger partial charge is 0.535 e. The Morgan fingerprint density at radius 1 is 0.654 bits per heavy atom. The SMILES string of the molecule is CCCCCCCCCCCCCCC[Si](C)(C)OC(C)=N[Si](C)(C)C. The van der Waals surface area contributed by atoms with E-state index in [9.17, 15) is 0 Å². The molecule has 0 saturated heterocycles. The Balaban J connectivity index is 3.55. The summed E-state index contributed by atoms with van der Waals surface area (Å²) in [5.74, 6) is 0.940. The van der Waals surface area contributed by atoms with Crippen LogP contribution in [0.4, 0.5) is 0 Å². The molecule has 26 heavy (non-hydrogen) atoms. The molecule has 0 aromatic rings. The fourth-order valence-corrected chi connectivity index (χ4v) is 6.65. The Hall–Kier alpha value is -0.0962. The van der Waals surface area contributed by atoms with Crippen molar-refractivity contribution >= 4 is 22.5 Å². The summed E-state index contributed by atoms with van der Waals surface area (Å²) in [7, 11) is -2.98. The number of unbranched alkanes of at least 4 members (excludes halogenated alkanes) is 12. The van der Waals surface area contributed by atoms with E-state index in [1.807, 2.05) is 0 Å². The van der Waals surface area contributed by atoms with Crippen molar-refractivity contribution in [3.63, 3.8) is 0 Å². The average Bonchev–Trinajstić information content (AvgIpc) is 2.49. The molecular formula is C22H49NOSi2. The van der Waals surface area contributed by atoms with Gasteiger partial charge in [-0.1, -0.05) is 90.4 Å². The van der Waals surface area contributed by atoms with Gasteiger partial charge in [0.1, 0.15) is 0 Å². The maximum Gasteiger partial charge on any atom is 0.246 e. The van der Waals surface area contributed by atoms with Crippen LogP contribution in [-0.2, 0) is 4.43 Å². The summed E-state index contributed by atoms with van der Waals surface area (Å²) in [5.41, 5.74) is 0. The van der Waals surface area contributed by atoms with Crippen LogP contribution in [0.5, 0.6) is 0 Å². The molecule has 4 heteroatoms. The number of hydrogen-bond donors (Lipinski definition) is 0. The van der Waals surface area contributed by atoms with E-state index in [-0.39, 0.29) is 0 Å². The van der Waals surface area contributed by atoms with Crippen LogP contribution >= 0.6 is 0 Å². The second kappa shape index (κ2) is 14.9. The molecule has 0 aliphatic carbocycles. The molecule has 0 saturated carbocycles. The zero-order chi connectivity index (χ0) is 19.9. The number of rotatable bonds is 16. The molecular weight excluding hydrogens is 350 g/mol. The van der Waals surface area contributed by atoms with Crippen LogP contribution in [-0.4, -0.2) is 22.5 Å². The molecule has 2 nitrogen and oxygen atoms in total. The minimum Gasteiger partial charge on any atom is -0.535 e. The van der Waals surface area contributed by atoms with Gasteiger partial charge in [0.2, 0.25) is 8.32 Å². The van der Waals surface area contributed by atoms with Gasteiger partial charge in [-0.25, -0.2) is 0 Å². The molecule has 0 unspecified atom stereocenters. The van der Waals surface area contributed by atoms with Crippen molar-refractivity contribution in [3.05, 3.63) is 0 Å². The smallest absolute Gasteiger partial charge is 0.246 e. The van der Waals surface area contributed by atoms with Gasteiger partial charge < -0.3 is 4.43 Å². The quantitative estimate of drug-likeness (QED) is 0.110. The highest BCUT2D eigenvalue weighted by atomic mass is 28.4. The van der Waals surface area contributed by atoms with E-state index in [2.05, 4.69) is 46.6 Å². The molecule has 0 radical (unpaired) electrons. The summed E-state index contributed by atoms with van der Waals surface area (Å²) in [4.78, 5) is 0. The molecule has 0 amide bonds. The molecule has 0 fully saturated rings. The molecule has 0 bridgehead atoms. The number of hydrogen-bond acceptors (Lipinski definition) is 2. The maximum absolute atomic E-state index is 6.24. The van der Waals surface area contributed by atoms with Crippen molar-refractivity contribution in [3.8, 4) is 0 Å². The van der Waals surface area contributed by atoms with Gasteiger partial charge in [0, 0.05) is 6.92 Å². The first-order valence-corrected chi connectivity index (χ1v) is 18.0. The third-order valence-corrected chi connectivity index (χ3v) is 8.19. The first-order valence-electron chi connectivity index (χ1n) is 11.4. The highest BCUT2D eigenvalue weighted by Crippen LogP contribution is 2.19. The van der Waals surface area contributed by atoms with Crippen LogP contribution in [0.1, 0.15) is 97.3 Å². The van der Waals surface area contributed by atoms with Gasteiger partial charge >= 0.3 is 0 Å². The van der Waals surface area contributed by atoms with Crippen LogP contribution < -0.4 is 0 Å². The van der Waals surface area contributed by atoms with Crippen LogP contribution in [0.25, 0.3) is 0 Å². The van der Waals surface area contributed by atoms with Crippen molar-refractivity contribution < 1.29 is 4.43 Å². The fraction of sp³-hybridized carbons (Fsp3) is 0.955. The maximum atomic E-state index is 6.24. The van der Waals surface area contributed by atoms with E-state index in [1.54, 1.807) is 0 Å². The standard InChI is InChI=1S/C22H49NOSi2/c1-8-9-10-11-12-13-14-15-16-17-18-19-20-21-26(6,7)24-22(2)23-25(3,4)5/h8-21H2,1-7H3. The predicted octanol–water partition coefficient (Wildman–Crippen LogP) is 8.55. The fourth-order valence-electron chi connectivity index (χ4n) is 3.51. The van der Waals surface area contributed by atoms with E-state index < -0.39 is 16.6 Å². The van der Waals surface area contributed by atoms with Gasteiger partial charge in [0.05, 0.1) is 0 Å². The molecule has 0 aromatic carbocycles. The molecule has 0 aliphatic rings. The van der Waals surface area contributed by atoms with Gasteiger partial charge in [0.15, 0.2) is 14.1 Å². The van der Waals surface area contributed by atoms with Crippen LogP contribution in [0.15, 0.2) is 4.66 Å². The summed E-state index contributed by atoms with van der Waals surface area (Å²) in [6.45, 7) is 15.8. The molecule has 156 valence electrons. The third-order valence-electron chi connectivity index (χ3n) is 4.80. The van der Waals surface area contributed by atoms with Crippen molar-refractivity contribution in [1.29, 1.82) is 0 Å². The Morgan fingerprint density at radius 2 is 1.04 bits per heavy atom. The average molecular weight is 400 g/mol. The second-order valence-electron chi connectivity index (χ2n) is 9.66. The van der Waals surface area contributed by atoms with Gasteiger partial charge in [-0.15, -0.1) is 0 Å². The topological polar surface area (TPSA) is 21.6 Å². The molecule has 0 heterocycles. The van der Waals surface area contributed by atoms with Gasteiger partial charge in [0.25, 0.3) is 0 Å².